The van der Waals surface area contributed by atoms with Gasteiger partial charge in [0, 0.05) is 18.0 Å². The van der Waals surface area contributed by atoms with Crippen LogP contribution >= 0.6 is 0 Å². The van der Waals surface area contributed by atoms with Gasteiger partial charge in [0.1, 0.15) is 11.4 Å². The van der Waals surface area contributed by atoms with Gasteiger partial charge in [-0.2, -0.15) is 0 Å². The number of hydrogen-bond donors (Lipinski definition) is 1. The van der Waals surface area contributed by atoms with Crippen molar-refractivity contribution in [3.8, 4) is 5.75 Å². The highest BCUT2D eigenvalue weighted by Gasteiger charge is 2.48. The second-order valence-electron chi connectivity index (χ2n) is 7.37. The minimum absolute atomic E-state index is 0.0588. The molecule has 3 rings (SSSR count). The Morgan fingerprint density at radius 1 is 1.25 bits per heavy atom. The largest absolute Gasteiger partial charge is 0.487 e. The third-order valence-electron chi connectivity index (χ3n) is 4.90. The smallest absolute Gasteiger partial charge is 0.124 e. The van der Waals surface area contributed by atoms with Crippen molar-refractivity contribution in [3.63, 3.8) is 0 Å². The van der Waals surface area contributed by atoms with Crippen LogP contribution in [0.4, 0.5) is 0 Å². The Labute approximate surface area is 122 Å². The molecule has 2 unspecified atom stereocenters. The van der Waals surface area contributed by atoms with Crippen LogP contribution in [-0.2, 0) is 0 Å². The molecule has 0 radical (unpaired) electrons. The van der Waals surface area contributed by atoms with Crippen molar-refractivity contribution in [1.82, 2.24) is 5.32 Å². The fourth-order valence-corrected chi connectivity index (χ4v) is 4.00. The van der Waals surface area contributed by atoms with Crippen molar-refractivity contribution in [2.24, 2.45) is 5.41 Å². The molecule has 1 aliphatic heterocycles. The molecule has 0 amide bonds. The summed E-state index contributed by atoms with van der Waals surface area (Å²) in [6, 6.07) is 9.03. The lowest BCUT2D eigenvalue weighted by molar-refractivity contribution is 0.0277. The Morgan fingerprint density at radius 3 is 2.75 bits per heavy atom. The van der Waals surface area contributed by atoms with Gasteiger partial charge in [-0.1, -0.05) is 39.0 Å². The summed E-state index contributed by atoms with van der Waals surface area (Å²) in [6.45, 7) is 8.06. The average Bonchev–Trinajstić information content (AvgIpc) is 2.71. The predicted octanol–water partition coefficient (Wildman–Crippen LogP) is 4.46. The lowest BCUT2D eigenvalue weighted by Gasteiger charge is -2.41. The quantitative estimate of drug-likeness (QED) is 0.878. The molecule has 1 aliphatic carbocycles. The van der Waals surface area contributed by atoms with Gasteiger partial charge in [0.2, 0.25) is 0 Å². The summed E-state index contributed by atoms with van der Waals surface area (Å²) in [4.78, 5) is 0. The fourth-order valence-electron chi connectivity index (χ4n) is 4.00. The molecule has 1 aromatic carbocycles. The van der Waals surface area contributed by atoms with Crippen LogP contribution in [0.15, 0.2) is 24.3 Å². The molecule has 1 saturated carbocycles. The Morgan fingerprint density at radius 2 is 2.05 bits per heavy atom. The number of para-hydroxylation sites is 1. The maximum absolute atomic E-state index is 6.49. The van der Waals surface area contributed by atoms with E-state index in [2.05, 4.69) is 50.4 Å². The lowest BCUT2D eigenvalue weighted by Crippen LogP contribution is -2.43. The first-order valence-electron chi connectivity index (χ1n) is 8.05. The Kier molecular flexibility index (Phi) is 3.53. The van der Waals surface area contributed by atoms with Crippen molar-refractivity contribution >= 4 is 0 Å². The molecule has 2 aliphatic rings. The minimum atomic E-state index is 0.0588. The normalized spacial score (nSPS) is 31.1. The number of hydrogen-bond acceptors (Lipinski definition) is 2. The van der Waals surface area contributed by atoms with Crippen LogP contribution in [0.25, 0.3) is 0 Å². The molecule has 1 N–H and O–H groups in total. The van der Waals surface area contributed by atoms with E-state index in [1.807, 2.05) is 0 Å². The van der Waals surface area contributed by atoms with Crippen LogP contribution in [-0.4, -0.2) is 12.1 Å². The van der Waals surface area contributed by atoms with E-state index in [4.69, 9.17) is 4.74 Å². The van der Waals surface area contributed by atoms with E-state index < -0.39 is 0 Å². The Bertz CT molecular complexity index is 482. The summed E-state index contributed by atoms with van der Waals surface area (Å²) >= 11 is 0. The van der Waals surface area contributed by atoms with E-state index in [-0.39, 0.29) is 5.60 Å². The fraction of sp³-hybridized carbons (Fsp3) is 0.667. The maximum atomic E-state index is 6.49. The van der Waals surface area contributed by atoms with E-state index in [1.54, 1.807) is 0 Å². The van der Waals surface area contributed by atoms with Gasteiger partial charge in [-0.15, -0.1) is 0 Å². The number of benzene rings is 1. The third kappa shape index (κ3) is 2.58. The van der Waals surface area contributed by atoms with Gasteiger partial charge in [0.15, 0.2) is 0 Å². The highest BCUT2D eigenvalue weighted by molar-refractivity contribution is 5.39. The van der Waals surface area contributed by atoms with Gasteiger partial charge in [-0.05, 0) is 43.7 Å². The predicted molar refractivity (Wildman–Crippen MR) is 83.1 cm³/mol. The molecule has 1 aromatic rings. The van der Waals surface area contributed by atoms with Crippen molar-refractivity contribution in [1.29, 1.82) is 0 Å². The number of nitrogens with one attached hydrogen (secondary N) is 1. The first-order chi connectivity index (χ1) is 9.54. The van der Waals surface area contributed by atoms with Crippen molar-refractivity contribution in [2.75, 3.05) is 6.54 Å². The maximum Gasteiger partial charge on any atom is 0.124 e. The molecule has 1 spiro atoms. The summed E-state index contributed by atoms with van der Waals surface area (Å²) in [6.07, 6.45) is 5.94. The number of ether oxygens (including phenoxy) is 1. The highest BCUT2D eigenvalue weighted by atomic mass is 16.5. The summed E-state index contributed by atoms with van der Waals surface area (Å²) in [5, 5.41) is 3.73. The second kappa shape index (κ2) is 5.07. The van der Waals surface area contributed by atoms with E-state index in [0.717, 1.165) is 18.7 Å². The topological polar surface area (TPSA) is 21.3 Å². The lowest BCUT2D eigenvalue weighted by atomic mass is 9.82. The Hall–Kier alpha value is -1.02. The van der Waals surface area contributed by atoms with Crippen molar-refractivity contribution < 1.29 is 4.74 Å². The summed E-state index contributed by atoms with van der Waals surface area (Å²) < 4.78 is 6.49. The van der Waals surface area contributed by atoms with E-state index in [9.17, 15) is 0 Å². The molecule has 0 bridgehead atoms. The molecule has 1 fully saturated rings. The molecule has 0 aromatic heterocycles. The second-order valence-corrected chi connectivity index (χ2v) is 7.37. The minimum Gasteiger partial charge on any atom is -0.487 e. The summed E-state index contributed by atoms with van der Waals surface area (Å²) in [5.41, 5.74) is 1.82. The van der Waals surface area contributed by atoms with E-state index in [0.29, 0.717) is 11.5 Å². The third-order valence-corrected chi connectivity index (χ3v) is 4.90. The average molecular weight is 273 g/mol. The molecular weight excluding hydrogens is 246 g/mol. The van der Waals surface area contributed by atoms with Crippen LogP contribution in [0.5, 0.6) is 5.75 Å². The molecule has 1 heterocycles. The molecule has 2 atom stereocenters. The number of fused-ring (bicyclic) bond motifs is 1. The summed E-state index contributed by atoms with van der Waals surface area (Å²) in [7, 11) is 0. The van der Waals surface area contributed by atoms with Crippen LogP contribution in [0.3, 0.4) is 0 Å². The highest BCUT2D eigenvalue weighted by Crippen LogP contribution is 2.52. The SMILES string of the molecule is CCCNC1CC2(CCC(C)(C)C2)Oc2ccccc21. The zero-order chi connectivity index (χ0) is 14.2. The van der Waals surface area contributed by atoms with Gasteiger partial charge in [0.25, 0.3) is 0 Å². The van der Waals surface area contributed by atoms with Crippen LogP contribution < -0.4 is 10.1 Å². The van der Waals surface area contributed by atoms with Crippen molar-refractivity contribution in [3.05, 3.63) is 29.8 Å². The van der Waals surface area contributed by atoms with E-state index >= 15 is 0 Å². The zero-order valence-electron chi connectivity index (χ0n) is 13.0. The first kappa shape index (κ1) is 13.9. The van der Waals surface area contributed by atoms with Gasteiger partial charge in [-0.3, -0.25) is 0 Å². The van der Waals surface area contributed by atoms with Gasteiger partial charge < -0.3 is 10.1 Å². The molecule has 2 nitrogen and oxygen atoms in total. The van der Waals surface area contributed by atoms with Crippen LogP contribution in [0.1, 0.15) is 64.5 Å². The zero-order valence-corrected chi connectivity index (χ0v) is 13.0. The van der Waals surface area contributed by atoms with Gasteiger partial charge in [0.05, 0.1) is 0 Å². The van der Waals surface area contributed by atoms with Crippen LogP contribution in [0, 0.1) is 5.41 Å². The Balaban J connectivity index is 1.88. The first-order valence-corrected chi connectivity index (χ1v) is 8.05. The molecule has 110 valence electrons. The van der Waals surface area contributed by atoms with Gasteiger partial charge >= 0.3 is 0 Å². The standard InChI is InChI=1S/C18H27NO/c1-4-11-19-15-12-18(10-9-17(2,3)13-18)20-16-8-6-5-7-14(15)16/h5-8,15,19H,4,9-13H2,1-3H3. The van der Waals surface area contributed by atoms with Crippen molar-refractivity contribution in [2.45, 2.75) is 64.5 Å². The van der Waals surface area contributed by atoms with E-state index in [1.165, 1.54) is 31.2 Å². The molecule has 20 heavy (non-hydrogen) atoms. The van der Waals surface area contributed by atoms with Crippen LogP contribution in [0.2, 0.25) is 0 Å². The molecular formula is C18H27NO. The summed E-state index contributed by atoms with van der Waals surface area (Å²) in [5.74, 6) is 1.10. The molecule has 0 saturated heterocycles. The monoisotopic (exact) mass is 273 g/mol. The molecule has 2 heteroatoms. The number of rotatable bonds is 3. The van der Waals surface area contributed by atoms with Gasteiger partial charge in [-0.25, -0.2) is 0 Å².